The minimum Gasteiger partial charge on any atom is -0.464 e. The first-order chi connectivity index (χ1) is 7.25. The maximum absolute atomic E-state index is 11.8. The molecule has 0 aromatic heterocycles. The molecule has 0 saturated carbocycles. The van der Waals surface area contributed by atoms with Crippen molar-refractivity contribution in [1.29, 1.82) is 0 Å². The van der Waals surface area contributed by atoms with Crippen LogP contribution in [0, 0.1) is 0 Å². The van der Waals surface area contributed by atoms with E-state index in [4.69, 9.17) is 9.47 Å². The molecule has 1 aliphatic rings. The lowest BCUT2D eigenvalue weighted by Crippen LogP contribution is -2.48. The van der Waals surface area contributed by atoms with Crippen LogP contribution in [0.25, 0.3) is 0 Å². The van der Waals surface area contributed by atoms with Crippen molar-refractivity contribution in [2.75, 3.05) is 26.9 Å². The Hall–Kier alpha value is -0.610. The molecule has 1 fully saturated rings. The minimum absolute atomic E-state index is 0.0985. The highest BCUT2D eigenvalue weighted by molar-refractivity contribution is 5.81. The van der Waals surface area contributed by atoms with Gasteiger partial charge in [-0.05, 0) is 25.8 Å². The molecular weight excluding hydrogens is 194 g/mol. The fourth-order valence-corrected chi connectivity index (χ4v) is 1.93. The Labute approximate surface area is 91.3 Å². The first-order valence-electron chi connectivity index (χ1n) is 5.66. The highest BCUT2D eigenvalue weighted by atomic mass is 16.5. The molecule has 1 N–H and O–H groups in total. The summed E-state index contributed by atoms with van der Waals surface area (Å²) in [4.78, 5) is 11.8. The highest BCUT2D eigenvalue weighted by Crippen LogP contribution is 2.24. The molecule has 1 heterocycles. The van der Waals surface area contributed by atoms with E-state index in [1.807, 2.05) is 6.92 Å². The van der Waals surface area contributed by atoms with Crippen LogP contribution in [0.15, 0.2) is 0 Å². The summed E-state index contributed by atoms with van der Waals surface area (Å²) in [5, 5.41) is 3.25. The maximum Gasteiger partial charge on any atom is 0.326 e. The monoisotopic (exact) mass is 215 g/mol. The molecule has 4 nitrogen and oxygen atoms in total. The second-order valence-corrected chi connectivity index (χ2v) is 3.95. The van der Waals surface area contributed by atoms with Gasteiger partial charge in [-0.1, -0.05) is 6.92 Å². The van der Waals surface area contributed by atoms with Gasteiger partial charge in [0.2, 0.25) is 0 Å². The van der Waals surface area contributed by atoms with E-state index in [2.05, 4.69) is 5.32 Å². The quantitative estimate of drug-likeness (QED) is 0.532. The third-order valence-electron chi connectivity index (χ3n) is 2.96. The first-order valence-corrected chi connectivity index (χ1v) is 5.66. The molecule has 0 aromatic rings. The number of esters is 1. The number of methoxy groups -OCH3 is 1. The zero-order valence-corrected chi connectivity index (χ0v) is 9.67. The van der Waals surface area contributed by atoms with Crippen LogP contribution in [0.5, 0.6) is 0 Å². The van der Waals surface area contributed by atoms with Gasteiger partial charge in [0.1, 0.15) is 5.54 Å². The summed E-state index contributed by atoms with van der Waals surface area (Å²) in [6.07, 6.45) is 3.52. The Bertz CT molecular complexity index is 200. The predicted molar refractivity (Wildman–Crippen MR) is 57.7 cm³/mol. The van der Waals surface area contributed by atoms with Crippen LogP contribution in [0.3, 0.4) is 0 Å². The maximum atomic E-state index is 11.8. The van der Waals surface area contributed by atoms with Crippen LogP contribution in [-0.4, -0.2) is 38.4 Å². The number of hydrogen-bond donors (Lipinski definition) is 1. The second-order valence-electron chi connectivity index (χ2n) is 3.95. The molecule has 0 radical (unpaired) electrons. The molecule has 1 rings (SSSR count). The third-order valence-corrected chi connectivity index (χ3v) is 2.96. The minimum atomic E-state index is -0.410. The van der Waals surface area contributed by atoms with Gasteiger partial charge >= 0.3 is 5.97 Å². The normalized spacial score (nSPS) is 25.5. The van der Waals surface area contributed by atoms with Crippen molar-refractivity contribution in [1.82, 2.24) is 5.32 Å². The van der Waals surface area contributed by atoms with E-state index in [1.54, 1.807) is 7.11 Å². The summed E-state index contributed by atoms with van der Waals surface area (Å²) in [7, 11) is 1.65. The average molecular weight is 215 g/mol. The Morgan fingerprint density at radius 2 is 2.27 bits per heavy atom. The van der Waals surface area contributed by atoms with E-state index >= 15 is 0 Å². The van der Waals surface area contributed by atoms with E-state index in [0.717, 1.165) is 32.2 Å². The summed E-state index contributed by atoms with van der Waals surface area (Å²) in [5.74, 6) is -0.0985. The molecule has 0 bridgehead atoms. The molecule has 0 aliphatic carbocycles. The molecule has 15 heavy (non-hydrogen) atoms. The third kappa shape index (κ3) is 3.18. The average Bonchev–Trinajstić information content (AvgIpc) is 2.74. The van der Waals surface area contributed by atoms with Crippen molar-refractivity contribution in [2.24, 2.45) is 0 Å². The number of rotatable bonds is 6. The molecule has 1 atom stereocenters. The summed E-state index contributed by atoms with van der Waals surface area (Å²) >= 11 is 0. The largest absolute Gasteiger partial charge is 0.464 e. The van der Waals surface area contributed by atoms with Gasteiger partial charge in [0, 0.05) is 20.1 Å². The molecular formula is C11H21NO3. The molecule has 88 valence electrons. The molecule has 1 saturated heterocycles. The number of ether oxygens (including phenoxy) is 2. The first kappa shape index (κ1) is 12.5. The standard InChI is InChI=1S/C11H21NO3/c1-3-11(6-4-7-12-11)10(13)15-9-5-8-14-2/h12H,3-9H2,1-2H3. The van der Waals surface area contributed by atoms with Crippen molar-refractivity contribution in [3.05, 3.63) is 0 Å². The van der Waals surface area contributed by atoms with E-state index in [0.29, 0.717) is 13.2 Å². The van der Waals surface area contributed by atoms with Gasteiger partial charge in [0.15, 0.2) is 0 Å². The smallest absolute Gasteiger partial charge is 0.326 e. The predicted octanol–water partition coefficient (Wildman–Crippen LogP) is 1.10. The molecule has 4 heteroatoms. The van der Waals surface area contributed by atoms with Crippen LogP contribution < -0.4 is 5.32 Å². The Morgan fingerprint density at radius 1 is 1.47 bits per heavy atom. The van der Waals surface area contributed by atoms with Crippen molar-refractivity contribution >= 4 is 5.97 Å². The van der Waals surface area contributed by atoms with Crippen LogP contribution in [-0.2, 0) is 14.3 Å². The fraction of sp³-hybridized carbons (Fsp3) is 0.909. The van der Waals surface area contributed by atoms with Gasteiger partial charge in [-0.3, -0.25) is 4.79 Å². The topological polar surface area (TPSA) is 47.6 Å². The van der Waals surface area contributed by atoms with Crippen LogP contribution in [0.1, 0.15) is 32.6 Å². The fourth-order valence-electron chi connectivity index (χ4n) is 1.93. The summed E-state index contributed by atoms with van der Waals surface area (Å²) in [6, 6.07) is 0. The van der Waals surface area contributed by atoms with Gasteiger partial charge in [0.05, 0.1) is 6.61 Å². The highest BCUT2D eigenvalue weighted by Gasteiger charge is 2.40. The van der Waals surface area contributed by atoms with E-state index in [1.165, 1.54) is 0 Å². The number of hydrogen-bond acceptors (Lipinski definition) is 4. The van der Waals surface area contributed by atoms with Crippen LogP contribution >= 0.6 is 0 Å². The summed E-state index contributed by atoms with van der Waals surface area (Å²) < 4.78 is 10.1. The van der Waals surface area contributed by atoms with E-state index in [-0.39, 0.29) is 5.97 Å². The van der Waals surface area contributed by atoms with Crippen molar-refractivity contribution in [3.63, 3.8) is 0 Å². The van der Waals surface area contributed by atoms with Crippen LogP contribution in [0.4, 0.5) is 0 Å². The van der Waals surface area contributed by atoms with Gasteiger partial charge < -0.3 is 14.8 Å². The zero-order chi connectivity index (χ0) is 11.1. The molecule has 1 aliphatic heterocycles. The lowest BCUT2D eigenvalue weighted by Gasteiger charge is -2.25. The van der Waals surface area contributed by atoms with Crippen molar-refractivity contribution in [3.8, 4) is 0 Å². The number of carbonyl (C=O) groups is 1. The van der Waals surface area contributed by atoms with Gasteiger partial charge in [-0.15, -0.1) is 0 Å². The Balaban J connectivity index is 2.31. The zero-order valence-electron chi connectivity index (χ0n) is 9.67. The number of carbonyl (C=O) groups excluding carboxylic acids is 1. The Kier molecular flexibility index (Phi) is 5.05. The summed E-state index contributed by atoms with van der Waals surface area (Å²) in [5.41, 5.74) is -0.410. The molecule has 1 unspecified atom stereocenters. The lowest BCUT2D eigenvalue weighted by atomic mass is 9.94. The van der Waals surface area contributed by atoms with Gasteiger partial charge in [-0.2, -0.15) is 0 Å². The Morgan fingerprint density at radius 3 is 2.80 bits per heavy atom. The number of nitrogens with one attached hydrogen (secondary N) is 1. The van der Waals surface area contributed by atoms with Gasteiger partial charge in [0.25, 0.3) is 0 Å². The van der Waals surface area contributed by atoms with E-state index in [9.17, 15) is 4.79 Å². The van der Waals surface area contributed by atoms with Crippen LogP contribution in [0.2, 0.25) is 0 Å². The SMILES string of the molecule is CCC1(C(=O)OCCCOC)CCCN1. The molecule has 0 spiro atoms. The molecule has 0 aromatic carbocycles. The summed E-state index contributed by atoms with van der Waals surface area (Å²) in [6.45, 7) is 4.03. The second kappa shape index (κ2) is 6.08. The van der Waals surface area contributed by atoms with Crippen molar-refractivity contribution in [2.45, 2.75) is 38.1 Å². The van der Waals surface area contributed by atoms with E-state index < -0.39 is 5.54 Å². The van der Waals surface area contributed by atoms with Crippen molar-refractivity contribution < 1.29 is 14.3 Å². The van der Waals surface area contributed by atoms with Gasteiger partial charge in [-0.25, -0.2) is 0 Å². The molecule has 0 amide bonds. The lowest BCUT2D eigenvalue weighted by molar-refractivity contribution is -0.151.